The Kier molecular flexibility index (Phi) is 3.32. The molecule has 18 heavy (non-hydrogen) atoms. The summed E-state index contributed by atoms with van der Waals surface area (Å²) in [5, 5.41) is 13.9. The summed E-state index contributed by atoms with van der Waals surface area (Å²) in [4.78, 5) is 25.2. The lowest BCUT2D eigenvalue weighted by molar-refractivity contribution is -0.307. The Bertz CT molecular complexity index is 589. The van der Waals surface area contributed by atoms with E-state index in [4.69, 9.17) is 0 Å². The molecule has 94 valence electrons. The van der Waals surface area contributed by atoms with Crippen LogP contribution in [0.4, 0.5) is 0 Å². The Balaban J connectivity index is 2.10. The van der Waals surface area contributed by atoms with E-state index < -0.39 is 12.0 Å². The molecule has 2 rings (SSSR count). The maximum absolute atomic E-state index is 11.7. The minimum Gasteiger partial charge on any atom is -0.548 e. The van der Waals surface area contributed by atoms with Crippen molar-refractivity contribution >= 4 is 22.8 Å². The highest BCUT2D eigenvalue weighted by molar-refractivity contribution is 5.90. The number of amides is 1. The average molecular weight is 245 g/mol. The minimum atomic E-state index is -1.29. The number of carbonyl (C=O) groups excluding carboxylic acids is 2. The van der Waals surface area contributed by atoms with Crippen LogP contribution in [0.2, 0.25) is 0 Å². The Morgan fingerprint density at radius 1 is 1.39 bits per heavy atom. The van der Waals surface area contributed by atoms with Crippen LogP contribution in [0.1, 0.15) is 12.5 Å². The molecule has 0 bridgehead atoms. The molecule has 0 saturated carbocycles. The number of aliphatic carboxylic acids is 1. The van der Waals surface area contributed by atoms with Gasteiger partial charge in [-0.15, -0.1) is 0 Å². The smallest absolute Gasteiger partial charge is 0.225 e. The van der Waals surface area contributed by atoms with Crippen molar-refractivity contribution in [2.24, 2.45) is 0 Å². The fraction of sp³-hybridized carbons (Fsp3) is 0.231. The molecule has 5 nitrogen and oxygen atoms in total. The summed E-state index contributed by atoms with van der Waals surface area (Å²) in [5.41, 5.74) is 1.79. The molecule has 1 amide bonds. The molecule has 0 unspecified atom stereocenters. The molecule has 0 aliphatic heterocycles. The van der Waals surface area contributed by atoms with E-state index >= 15 is 0 Å². The number of carbonyl (C=O) groups is 2. The molecule has 0 spiro atoms. The van der Waals surface area contributed by atoms with Gasteiger partial charge < -0.3 is 20.2 Å². The Labute approximate surface area is 104 Å². The predicted molar refractivity (Wildman–Crippen MR) is 64.6 cm³/mol. The van der Waals surface area contributed by atoms with Crippen molar-refractivity contribution in [3.63, 3.8) is 0 Å². The van der Waals surface area contributed by atoms with E-state index in [1.807, 2.05) is 24.3 Å². The summed E-state index contributed by atoms with van der Waals surface area (Å²) in [6.07, 6.45) is 1.90. The number of hydrogen-bond donors (Lipinski definition) is 2. The van der Waals surface area contributed by atoms with Gasteiger partial charge in [0.1, 0.15) is 0 Å². The van der Waals surface area contributed by atoms with Gasteiger partial charge in [0.2, 0.25) is 5.91 Å². The van der Waals surface area contributed by atoms with Gasteiger partial charge in [-0.05, 0) is 18.6 Å². The number of carboxylic acid groups (broad SMARTS) is 1. The van der Waals surface area contributed by atoms with Crippen molar-refractivity contribution in [2.45, 2.75) is 19.4 Å². The van der Waals surface area contributed by atoms with Crippen LogP contribution in [0.3, 0.4) is 0 Å². The molecule has 0 aliphatic rings. The lowest BCUT2D eigenvalue weighted by Gasteiger charge is -2.14. The first-order valence-electron chi connectivity index (χ1n) is 5.63. The summed E-state index contributed by atoms with van der Waals surface area (Å²) in [7, 11) is 0. The van der Waals surface area contributed by atoms with Crippen LogP contribution in [0.25, 0.3) is 10.9 Å². The molecule has 1 aromatic carbocycles. The SMILES string of the molecule is C[C@@H](NC(=O)Cc1c[nH]c2ccccc12)C(=O)[O-]. The van der Waals surface area contributed by atoms with E-state index in [9.17, 15) is 14.7 Å². The quantitative estimate of drug-likeness (QED) is 0.793. The van der Waals surface area contributed by atoms with E-state index in [0.29, 0.717) is 0 Å². The summed E-state index contributed by atoms with van der Waals surface area (Å²) < 4.78 is 0. The summed E-state index contributed by atoms with van der Waals surface area (Å²) in [6, 6.07) is 6.64. The van der Waals surface area contributed by atoms with Crippen molar-refractivity contribution in [3.8, 4) is 0 Å². The molecule has 5 heteroatoms. The molecule has 0 fully saturated rings. The normalized spacial score (nSPS) is 12.3. The first-order valence-corrected chi connectivity index (χ1v) is 5.63. The fourth-order valence-electron chi connectivity index (χ4n) is 1.80. The first-order chi connectivity index (χ1) is 8.58. The summed E-state index contributed by atoms with van der Waals surface area (Å²) >= 11 is 0. The summed E-state index contributed by atoms with van der Waals surface area (Å²) in [6.45, 7) is 1.38. The van der Waals surface area contributed by atoms with Crippen molar-refractivity contribution < 1.29 is 14.7 Å². The van der Waals surface area contributed by atoms with Gasteiger partial charge in [-0.3, -0.25) is 4.79 Å². The Morgan fingerprint density at radius 3 is 2.83 bits per heavy atom. The van der Waals surface area contributed by atoms with E-state index in [2.05, 4.69) is 10.3 Å². The number of hydrogen-bond acceptors (Lipinski definition) is 3. The highest BCUT2D eigenvalue weighted by atomic mass is 16.4. The second kappa shape index (κ2) is 4.91. The molecule has 1 aromatic heterocycles. The van der Waals surface area contributed by atoms with Crippen molar-refractivity contribution in [1.29, 1.82) is 0 Å². The van der Waals surface area contributed by atoms with Crippen LogP contribution in [0, 0.1) is 0 Å². The van der Waals surface area contributed by atoms with Gasteiger partial charge in [0, 0.05) is 17.1 Å². The van der Waals surface area contributed by atoms with Crippen molar-refractivity contribution in [1.82, 2.24) is 10.3 Å². The van der Waals surface area contributed by atoms with E-state index in [1.54, 1.807) is 6.20 Å². The van der Waals surface area contributed by atoms with Gasteiger partial charge in [-0.2, -0.15) is 0 Å². The van der Waals surface area contributed by atoms with Gasteiger partial charge >= 0.3 is 0 Å². The number of aromatic nitrogens is 1. The number of nitrogens with one attached hydrogen (secondary N) is 2. The fourth-order valence-corrected chi connectivity index (χ4v) is 1.80. The number of aromatic amines is 1. The van der Waals surface area contributed by atoms with Crippen LogP contribution in [0.15, 0.2) is 30.5 Å². The molecule has 0 saturated heterocycles. The van der Waals surface area contributed by atoms with Crippen LogP contribution < -0.4 is 10.4 Å². The number of rotatable bonds is 4. The molecule has 0 aliphatic carbocycles. The highest BCUT2D eigenvalue weighted by Gasteiger charge is 2.11. The number of benzene rings is 1. The molecule has 1 atom stereocenters. The standard InChI is InChI=1S/C13H14N2O3/c1-8(13(17)18)15-12(16)6-9-7-14-11-5-3-2-4-10(9)11/h2-5,7-8,14H,6H2,1H3,(H,15,16)(H,17,18)/p-1/t8-/m1/s1. The lowest BCUT2D eigenvalue weighted by Crippen LogP contribution is -2.46. The third-order valence-corrected chi connectivity index (χ3v) is 2.76. The molecule has 2 aromatic rings. The maximum Gasteiger partial charge on any atom is 0.225 e. The Morgan fingerprint density at radius 2 is 2.11 bits per heavy atom. The van der Waals surface area contributed by atoms with Gasteiger partial charge in [-0.25, -0.2) is 0 Å². The van der Waals surface area contributed by atoms with Gasteiger partial charge in [-0.1, -0.05) is 18.2 Å². The predicted octanol–water partition coefficient (Wildman–Crippen LogP) is -0.0350. The zero-order chi connectivity index (χ0) is 13.1. The number of para-hydroxylation sites is 1. The molecular formula is C13H13N2O3-. The van der Waals surface area contributed by atoms with Gasteiger partial charge in [0.05, 0.1) is 18.4 Å². The van der Waals surface area contributed by atoms with Crippen LogP contribution in [-0.4, -0.2) is 22.9 Å². The number of carboxylic acids is 1. The van der Waals surface area contributed by atoms with Gasteiger partial charge in [0.15, 0.2) is 0 Å². The van der Waals surface area contributed by atoms with Crippen molar-refractivity contribution in [3.05, 3.63) is 36.0 Å². The molecule has 0 radical (unpaired) electrons. The third-order valence-electron chi connectivity index (χ3n) is 2.76. The number of fused-ring (bicyclic) bond motifs is 1. The monoisotopic (exact) mass is 245 g/mol. The van der Waals surface area contributed by atoms with E-state index in [1.165, 1.54) is 6.92 Å². The highest BCUT2D eigenvalue weighted by Crippen LogP contribution is 2.17. The zero-order valence-corrected chi connectivity index (χ0v) is 9.90. The molecular weight excluding hydrogens is 232 g/mol. The van der Waals surface area contributed by atoms with E-state index in [0.717, 1.165) is 16.5 Å². The topological polar surface area (TPSA) is 85.0 Å². The van der Waals surface area contributed by atoms with E-state index in [-0.39, 0.29) is 12.3 Å². The second-order valence-electron chi connectivity index (χ2n) is 4.14. The van der Waals surface area contributed by atoms with Crippen LogP contribution in [-0.2, 0) is 16.0 Å². The van der Waals surface area contributed by atoms with Crippen molar-refractivity contribution in [2.75, 3.05) is 0 Å². The minimum absolute atomic E-state index is 0.141. The second-order valence-corrected chi connectivity index (χ2v) is 4.14. The Hall–Kier alpha value is -2.30. The molecule has 1 heterocycles. The number of H-pyrrole nitrogens is 1. The lowest BCUT2D eigenvalue weighted by atomic mass is 10.1. The maximum atomic E-state index is 11.7. The molecule has 2 N–H and O–H groups in total. The average Bonchev–Trinajstić information content (AvgIpc) is 2.72. The third kappa shape index (κ3) is 2.51. The van der Waals surface area contributed by atoms with Gasteiger partial charge in [0.25, 0.3) is 0 Å². The first kappa shape index (κ1) is 12.2. The summed E-state index contributed by atoms with van der Waals surface area (Å²) in [5.74, 6) is -1.63. The largest absolute Gasteiger partial charge is 0.548 e. The zero-order valence-electron chi connectivity index (χ0n) is 9.90. The van der Waals surface area contributed by atoms with Crippen LogP contribution in [0.5, 0.6) is 0 Å². The van der Waals surface area contributed by atoms with Crippen LogP contribution >= 0.6 is 0 Å².